The lowest BCUT2D eigenvalue weighted by atomic mass is 10.1. The van der Waals surface area contributed by atoms with Gasteiger partial charge in [-0.2, -0.15) is 5.10 Å². The molecule has 0 spiro atoms. The minimum Gasteiger partial charge on any atom is -0.494 e. The van der Waals surface area contributed by atoms with E-state index in [1.165, 1.54) is 6.21 Å². The van der Waals surface area contributed by atoms with Gasteiger partial charge in [-0.3, -0.25) is 9.59 Å². The Morgan fingerprint density at radius 2 is 1.88 bits per heavy atom. The first-order valence-corrected chi connectivity index (χ1v) is 8.40. The van der Waals surface area contributed by atoms with E-state index in [0.29, 0.717) is 12.3 Å². The van der Waals surface area contributed by atoms with Crippen LogP contribution in [-0.4, -0.2) is 24.6 Å². The highest BCUT2D eigenvalue weighted by Crippen LogP contribution is 2.14. The maximum atomic E-state index is 11.9. The summed E-state index contributed by atoms with van der Waals surface area (Å²) in [7, 11) is 0. The number of ether oxygens (including phenoxy) is 1. The van der Waals surface area contributed by atoms with Gasteiger partial charge in [0.25, 0.3) is 0 Å². The van der Waals surface area contributed by atoms with E-state index in [1.54, 1.807) is 0 Å². The summed E-state index contributed by atoms with van der Waals surface area (Å²) in [6.45, 7) is 6.44. The summed E-state index contributed by atoms with van der Waals surface area (Å²) >= 11 is 0. The first-order valence-electron chi connectivity index (χ1n) is 8.40. The quantitative estimate of drug-likeness (QED) is 0.456. The third kappa shape index (κ3) is 6.05. The average Bonchev–Trinajstić information content (AvgIpc) is 2.59. The summed E-state index contributed by atoms with van der Waals surface area (Å²) in [5, 5.41) is 6.57. The molecule has 6 nitrogen and oxygen atoms in total. The molecule has 0 aromatic heterocycles. The first-order chi connectivity index (χ1) is 12.5. The van der Waals surface area contributed by atoms with Crippen molar-refractivity contribution in [1.82, 2.24) is 5.43 Å². The van der Waals surface area contributed by atoms with Gasteiger partial charge in [-0.05, 0) is 61.7 Å². The minimum atomic E-state index is -0.483. The monoisotopic (exact) mass is 353 g/mol. The third-order valence-corrected chi connectivity index (χ3v) is 3.68. The van der Waals surface area contributed by atoms with Gasteiger partial charge in [0.05, 0.1) is 12.8 Å². The van der Waals surface area contributed by atoms with Crippen LogP contribution in [0.5, 0.6) is 5.75 Å². The maximum absolute atomic E-state index is 11.9. The Labute approximate surface area is 153 Å². The Balaban J connectivity index is 1.83. The molecule has 2 aromatic carbocycles. The Morgan fingerprint density at radius 1 is 1.08 bits per heavy atom. The molecule has 0 saturated heterocycles. The van der Waals surface area contributed by atoms with E-state index in [9.17, 15) is 9.59 Å². The van der Waals surface area contributed by atoms with Crippen molar-refractivity contribution in [2.45, 2.75) is 27.2 Å². The van der Waals surface area contributed by atoms with Crippen molar-refractivity contribution >= 4 is 23.7 Å². The Hall–Kier alpha value is -3.15. The van der Waals surface area contributed by atoms with Crippen LogP contribution in [0.2, 0.25) is 0 Å². The zero-order valence-corrected chi connectivity index (χ0v) is 15.2. The molecule has 0 aliphatic carbocycles. The van der Waals surface area contributed by atoms with Gasteiger partial charge in [-0.15, -0.1) is 0 Å². The SMILES string of the molecule is CCOc1cccc(C=NNC(=O)CC(=O)Nc2ccc(C)c(C)c2)c1. The van der Waals surface area contributed by atoms with Crippen molar-refractivity contribution < 1.29 is 14.3 Å². The molecule has 2 amide bonds. The van der Waals surface area contributed by atoms with Crippen LogP contribution in [0.15, 0.2) is 47.6 Å². The van der Waals surface area contributed by atoms with Gasteiger partial charge < -0.3 is 10.1 Å². The van der Waals surface area contributed by atoms with Gasteiger partial charge in [0.1, 0.15) is 12.2 Å². The van der Waals surface area contributed by atoms with Gasteiger partial charge in [0.15, 0.2) is 0 Å². The Kier molecular flexibility index (Phi) is 6.91. The van der Waals surface area contributed by atoms with E-state index in [1.807, 2.05) is 63.2 Å². The fourth-order valence-corrected chi connectivity index (χ4v) is 2.24. The number of nitrogens with one attached hydrogen (secondary N) is 2. The summed E-state index contributed by atoms with van der Waals surface area (Å²) in [5.74, 6) is -0.140. The van der Waals surface area contributed by atoms with Crippen LogP contribution in [0.3, 0.4) is 0 Å². The summed E-state index contributed by atoms with van der Waals surface area (Å²) < 4.78 is 5.40. The van der Waals surface area contributed by atoms with Crippen molar-refractivity contribution in [2.24, 2.45) is 5.10 Å². The highest BCUT2D eigenvalue weighted by molar-refractivity contribution is 6.03. The van der Waals surface area contributed by atoms with Crippen LogP contribution in [0.25, 0.3) is 0 Å². The predicted octanol–water partition coefficient (Wildman–Crippen LogP) is 3.18. The van der Waals surface area contributed by atoms with Crippen LogP contribution in [0.4, 0.5) is 5.69 Å². The minimum absolute atomic E-state index is 0.302. The number of rotatable bonds is 7. The van der Waals surface area contributed by atoms with E-state index in [0.717, 1.165) is 22.4 Å². The van der Waals surface area contributed by atoms with Gasteiger partial charge >= 0.3 is 0 Å². The largest absolute Gasteiger partial charge is 0.494 e. The van der Waals surface area contributed by atoms with Gasteiger partial charge in [-0.25, -0.2) is 5.43 Å². The normalized spacial score (nSPS) is 10.6. The zero-order chi connectivity index (χ0) is 18.9. The molecular formula is C20H23N3O3. The van der Waals surface area contributed by atoms with Crippen LogP contribution in [0.1, 0.15) is 30.0 Å². The molecule has 0 atom stereocenters. The summed E-state index contributed by atoms with van der Waals surface area (Å²) in [6.07, 6.45) is 1.20. The van der Waals surface area contributed by atoms with Crippen LogP contribution in [0, 0.1) is 13.8 Å². The first kappa shape index (κ1) is 19.2. The fourth-order valence-electron chi connectivity index (χ4n) is 2.24. The molecular weight excluding hydrogens is 330 g/mol. The van der Waals surface area contributed by atoms with E-state index in [4.69, 9.17) is 4.74 Å². The van der Waals surface area contributed by atoms with E-state index in [2.05, 4.69) is 15.8 Å². The number of carbonyl (C=O) groups is 2. The molecule has 6 heteroatoms. The standard InChI is InChI=1S/C20H23N3O3/c1-4-26-18-7-5-6-16(11-18)13-21-23-20(25)12-19(24)22-17-9-8-14(2)15(3)10-17/h5-11,13H,4,12H2,1-3H3,(H,22,24)(H,23,25). The second kappa shape index (κ2) is 9.36. The van der Waals surface area contributed by atoms with E-state index < -0.39 is 5.91 Å². The highest BCUT2D eigenvalue weighted by atomic mass is 16.5. The molecule has 0 aliphatic heterocycles. The molecule has 0 radical (unpaired) electrons. The summed E-state index contributed by atoms with van der Waals surface area (Å²) in [5.41, 5.74) is 6.02. The van der Waals surface area contributed by atoms with Crippen molar-refractivity contribution in [3.05, 3.63) is 59.2 Å². The number of hydrogen-bond acceptors (Lipinski definition) is 4. The molecule has 0 aliphatic rings. The second-order valence-electron chi connectivity index (χ2n) is 5.82. The van der Waals surface area contributed by atoms with Crippen molar-refractivity contribution in [2.75, 3.05) is 11.9 Å². The number of aryl methyl sites for hydroxylation is 2. The smallest absolute Gasteiger partial charge is 0.249 e. The van der Waals surface area contributed by atoms with E-state index in [-0.39, 0.29) is 12.3 Å². The molecule has 0 heterocycles. The lowest BCUT2D eigenvalue weighted by Gasteiger charge is -2.07. The topological polar surface area (TPSA) is 79.8 Å². The molecule has 0 unspecified atom stereocenters. The number of amides is 2. The van der Waals surface area contributed by atoms with Gasteiger partial charge in [-0.1, -0.05) is 18.2 Å². The third-order valence-electron chi connectivity index (χ3n) is 3.68. The number of benzene rings is 2. The predicted molar refractivity (Wildman–Crippen MR) is 103 cm³/mol. The summed E-state index contributed by atoms with van der Waals surface area (Å²) in [4.78, 5) is 23.7. The number of anilines is 1. The van der Waals surface area contributed by atoms with Crippen LogP contribution in [-0.2, 0) is 9.59 Å². The number of hydrazone groups is 1. The van der Waals surface area contributed by atoms with Crippen LogP contribution >= 0.6 is 0 Å². The van der Waals surface area contributed by atoms with Crippen molar-refractivity contribution in [1.29, 1.82) is 0 Å². The Morgan fingerprint density at radius 3 is 2.62 bits per heavy atom. The molecule has 2 aromatic rings. The fraction of sp³-hybridized carbons (Fsp3) is 0.250. The summed E-state index contributed by atoms with van der Waals surface area (Å²) in [6, 6.07) is 12.9. The molecule has 26 heavy (non-hydrogen) atoms. The molecule has 0 saturated carbocycles. The zero-order valence-electron chi connectivity index (χ0n) is 15.2. The number of nitrogens with zero attached hydrogens (tertiary/aromatic N) is 1. The van der Waals surface area contributed by atoms with Gasteiger partial charge in [0, 0.05) is 5.69 Å². The molecule has 0 fully saturated rings. The second-order valence-corrected chi connectivity index (χ2v) is 5.82. The lowest BCUT2D eigenvalue weighted by Crippen LogP contribution is -2.24. The van der Waals surface area contributed by atoms with Crippen LogP contribution < -0.4 is 15.5 Å². The van der Waals surface area contributed by atoms with Gasteiger partial charge in [0.2, 0.25) is 11.8 Å². The average molecular weight is 353 g/mol. The highest BCUT2D eigenvalue weighted by Gasteiger charge is 2.09. The maximum Gasteiger partial charge on any atom is 0.249 e. The van der Waals surface area contributed by atoms with E-state index >= 15 is 0 Å². The lowest BCUT2D eigenvalue weighted by molar-refractivity contribution is -0.126. The molecule has 2 rings (SSSR count). The molecule has 2 N–H and O–H groups in total. The number of carbonyl (C=O) groups excluding carboxylic acids is 2. The molecule has 0 bridgehead atoms. The van der Waals surface area contributed by atoms with Crippen molar-refractivity contribution in [3.63, 3.8) is 0 Å². The van der Waals surface area contributed by atoms with Crippen molar-refractivity contribution in [3.8, 4) is 5.75 Å². The molecule has 136 valence electrons. The Bertz CT molecular complexity index is 816. The number of hydrogen-bond donors (Lipinski definition) is 2.